The standard InChI is InChI=1S/C10H21N3/c1-4-12-9-8-11-7-6-10(9)13(3)5-2/h4,9-12H,1,5-8H2,2-3H3. The van der Waals surface area contributed by atoms with Crippen molar-refractivity contribution in [3.8, 4) is 0 Å². The lowest BCUT2D eigenvalue weighted by molar-refractivity contribution is 0.172. The number of likely N-dealkylation sites (N-methyl/N-ethyl adjacent to an activating group) is 1. The van der Waals surface area contributed by atoms with Crippen molar-refractivity contribution in [3.63, 3.8) is 0 Å². The molecule has 1 saturated heterocycles. The zero-order valence-corrected chi connectivity index (χ0v) is 8.71. The third kappa shape index (κ3) is 2.71. The molecule has 0 aromatic carbocycles. The summed E-state index contributed by atoms with van der Waals surface area (Å²) in [5.41, 5.74) is 0. The van der Waals surface area contributed by atoms with Gasteiger partial charge in [0.05, 0.1) is 6.04 Å². The quantitative estimate of drug-likeness (QED) is 0.661. The molecule has 0 amide bonds. The van der Waals surface area contributed by atoms with Crippen molar-refractivity contribution in [2.24, 2.45) is 0 Å². The Morgan fingerprint density at radius 2 is 2.46 bits per heavy atom. The molecule has 2 atom stereocenters. The zero-order chi connectivity index (χ0) is 9.68. The lowest BCUT2D eigenvalue weighted by Crippen LogP contribution is -2.56. The van der Waals surface area contributed by atoms with Crippen molar-refractivity contribution in [2.45, 2.75) is 25.4 Å². The van der Waals surface area contributed by atoms with Crippen molar-refractivity contribution in [1.82, 2.24) is 15.5 Å². The third-order valence-corrected chi connectivity index (χ3v) is 2.84. The molecule has 1 aliphatic heterocycles. The van der Waals surface area contributed by atoms with Crippen molar-refractivity contribution in [2.75, 3.05) is 26.7 Å². The van der Waals surface area contributed by atoms with Gasteiger partial charge in [-0.25, -0.2) is 0 Å². The monoisotopic (exact) mass is 183 g/mol. The average molecular weight is 183 g/mol. The van der Waals surface area contributed by atoms with Gasteiger partial charge in [0.25, 0.3) is 0 Å². The SMILES string of the molecule is C=CNC1CNCCC1N(C)CC. The van der Waals surface area contributed by atoms with Crippen molar-refractivity contribution in [1.29, 1.82) is 0 Å². The molecular weight excluding hydrogens is 162 g/mol. The van der Waals surface area contributed by atoms with Gasteiger partial charge in [-0.3, -0.25) is 0 Å². The van der Waals surface area contributed by atoms with E-state index in [1.807, 2.05) is 0 Å². The van der Waals surface area contributed by atoms with Crippen LogP contribution in [0.2, 0.25) is 0 Å². The van der Waals surface area contributed by atoms with Crippen LogP contribution >= 0.6 is 0 Å². The Morgan fingerprint density at radius 3 is 3.08 bits per heavy atom. The van der Waals surface area contributed by atoms with Crippen LogP contribution < -0.4 is 10.6 Å². The second kappa shape index (κ2) is 5.25. The van der Waals surface area contributed by atoms with Gasteiger partial charge < -0.3 is 15.5 Å². The van der Waals surface area contributed by atoms with E-state index in [2.05, 4.69) is 36.1 Å². The number of nitrogens with one attached hydrogen (secondary N) is 2. The van der Waals surface area contributed by atoms with Crippen LogP contribution in [0.1, 0.15) is 13.3 Å². The van der Waals surface area contributed by atoms with E-state index in [4.69, 9.17) is 0 Å². The summed E-state index contributed by atoms with van der Waals surface area (Å²) in [6.45, 7) is 9.20. The molecule has 2 N–H and O–H groups in total. The maximum atomic E-state index is 3.72. The number of nitrogens with zero attached hydrogens (tertiary/aromatic N) is 1. The van der Waals surface area contributed by atoms with Gasteiger partial charge in [0, 0.05) is 12.6 Å². The van der Waals surface area contributed by atoms with Crippen molar-refractivity contribution < 1.29 is 0 Å². The number of hydrogen-bond acceptors (Lipinski definition) is 3. The van der Waals surface area contributed by atoms with Crippen molar-refractivity contribution in [3.05, 3.63) is 12.8 Å². The number of piperidine rings is 1. The summed E-state index contributed by atoms with van der Waals surface area (Å²) in [6.07, 6.45) is 3.02. The van der Waals surface area contributed by atoms with Gasteiger partial charge in [0.15, 0.2) is 0 Å². The molecule has 3 heteroatoms. The highest BCUT2D eigenvalue weighted by Crippen LogP contribution is 2.10. The van der Waals surface area contributed by atoms with Crippen LogP contribution in [-0.4, -0.2) is 43.7 Å². The molecule has 0 spiro atoms. The Bertz CT molecular complexity index is 158. The first-order valence-corrected chi connectivity index (χ1v) is 5.07. The van der Waals surface area contributed by atoms with Gasteiger partial charge in [0.1, 0.15) is 0 Å². The topological polar surface area (TPSA) is 27.3 Å². The third-order valence-electron chi connectivity index (χ3n) is 2.84. The molecule has 0 aromatic rings. The Morgan fingerprint density at radius 1 is 1.69 bits per heavy atom. The van der Waals surface area contributed by atoms with Gasteiger partial charge in [-0.15, -0.1) is 0 Å². The Hall–Kier alpha value is -0.540. The second-order valence-electron chi connectivity index (χ2n) is 3.61. The predicted molar refractivity (Wildman–Crippen MR) is 56.7 cm³/mol. The molecule has 0 bridgehead atoms. The van der Waals surface area contributed by atoms with E-state index in [-0.39, 0.29) is 0 Å². The minimum Gasteiger partial charge on any atom is -0.386 e. The largest absolute Gasteiger partial charge is 0.386 e. The summed E-state index contributed by atoms with van der Waals surface area (Å²) < 4.78 is 0. The highest BCUT2D eigenvalue weighted by Gasteiger charge is 2.26. The van der Waals surface area contributed by atoms with Crippen LogP contribution in [0.3, 0.4) is 0 Å². The Kier molecular flexibility index (Phi) is 4.25. The maximum Gasteiger partial charge on any atom is 0.0535 e. The maximum absolute atomic E-state index is 3.72. The molecule has 2 unspecified atom stereocenters. The molecule has 13 heavy (non-hydrogen) atoms. The molecule has 3 nitrogen and oxygen atoms in total. The number of hydrogen-bond donors (Lipinski definition) is 2. The molecular formula is C10H21N3. The van der Waals surface area contributed by atoms with E-state index in [0.29, 0.717) is 12.1 Å². The van der Waals surface area contributed by atoms with Crippen LogP contribution in [0, 0.1) is 0 Å². The van der Waals surface area contributed by atoms with Gasteiger partial charge in [-0.1, -0.05) is 13.5 Å². The summed E-state index contributed by atoms with van der Waals surface area (Å²) in [5, 5.41) is 6.70. The van der Waals surface area contributed by atoms with E-state index in [1.165, 1.54) is 6.42 Å². The normalized spacial score (nSPS) is 28.8. The van der Waals surface area contributed by atoms with E-state index in [9.17, 15) is 0 Å². The summed E-state index contributed by atoms with van der Waals surface area (Å²) in [7, 11) is 2.19. The molecule has 0 saturated carbocycles. The average Bonchev–Trinajstić information content (AvgIpc) is 2.18. The molecule has 1 aliphatic rings. The van der Waals surface area contributed by atoms with E-state index in [1.54, 1.807) is 6.20 Å². The van der Waals surface area contributed by atoms with Crippen LogP contribution in [0.4, 0.5) is 0 Å². The molecule has 1 rings (SSSR count). The van der Waals surface area contributed by atoms with Crippen LogP contribution in [-0.2, 0) is 0 Å². The van der Waals surface area contributed by atoms with Crippen LogP contribution in [0.15, 0.2) is 12.8 Å². The lowest BCUT2D eigenvalue weighted by Gasteiger charge is -2.38. The van der Waals surface area contributed by atoms with Crippen molar-refractivity contribution >= 4 is 0 Å². The fourth-order valence-corrected chi connectivity index (χ4v) is 1.93. The number of rotatable bonds is 4. The summed E-state index contributed by atoms with van der Waals surface area (Å²) in [5.74, 6) is 0. The fraction of sp³-hybridized carbons (Fsp3) is 0.800. The van der Waals surface area contributed by atoms with Gasteiger partial charge >= 0.3 is 0 Å². The summed E-state index contributed by atoms with van der Waals surface area (Å²) in [4.78, 5) is 2.40. The first kappa shape index (κ1) is 10.5. The minimum atomic E-state index is 0.510. The highest BCUT2D eigenvalue weighted by atomic mass is 15.2. The van der Waals surface area contributed by atoms with E-state index >= 15 is 0 Å². The summed E-state index contributed by atoms with van der Waals surface area (Å²) in [6, 6.07) is 1.15. The highest BCUT2D eigenvalue weighted by molar-refractivity contribution is 4.91. The minimum absolute atomic E-state index is 0.510. The first-order chi connectivity index (χ1) is 6.29. The Balaban J connectivity index is 2.50. The molecule has 0 aliphatic carbocycles. The lowest BCUT2D eigenvalue weighted by atomic mass is 9.99. The van der Waals surface area contributed by atoms with E-state index < -0.39 is 0 Å². The van der Waals surface area contributed by atoms with Crippen LogP contribution in [0.25, 0.3) is 0 Å². The zero-order valence-electron chi connectivity index (χ0n) is 8.71. The first-order valence-electron chi connectivity index (χ1n) is 5.07. The molecule has 76 valence electrons. The van der Waals surface area contributed by atoms with Gasteiger partial charge in [-0.2, -0.15) is 0 Å². The molecule has 1 fully saturated rings. The second-order valence-corrected chi connectivity index (χ2v) is 3.61. The Labute approximate surface area is 81.2 Å². The molecule has 0 radical (unpaired) electrons. The predicted octanol–water partition coefficient (Wildman–Crippen LogP) is 0.402. The van der Waals surface area contributed by atoms with E-state index in [0.717, 1.165) is 19.6 Å². The molecule has 1 heterocycles. The smallest absolute Gasteiger partial charge is 0.0535 e. The van der Waals surface area contributed by atoms with Gasteiger partial charge in [0.2, 0.25) is 0 Å². The summed E-state index contributed by atoms with van der Waals surface area (Å²) >= 11 is 0. The molecule has 0 aromatic heterocycles. The fourth-order valence-electron chi connectivity index (χ4n) is 1.93. The van der Waals surface area contributed by atoms with Crippen LogP contribution in [0.5, 0.6) is 0 Å². The van der Waals surface area contributed by atoms with Gasteiger partial charge in [-0.05, 0) is 32.8 Å².